The summed E-state index contributed by atoms with van der Waals surface area (Å²) in [6, 6.07) is 4.89. The van der Waals surface area contributed by atoms with Crippen LogP contribution in [0.3, 0.4) is 0 Å². The Morgan fingerprint density at radius 3 is 2.57 bits per heavy atom. The minimum absolute atomic E-state index is 0.441. The molecule has 0 heterocycles. The van der Waals surface area contributed by atoms with E-state index < -0.39 is 39.1 Å². The third-order valence-electron chi connectivity index (χ3n) is 2.45. The number of rotatable bonds is 7. The fraction of sp³-hybridized carbons (Fsp3) is 0.417. The van der Waals surface area contributed by atoms with E-state index in [1.54, 1.807) is 13.2 Å². The molecule has 0 bridgehead atoms. The van der Waals surface area contributed by atoms with Gasteiger partial charge in [0.15, 0.2) is 0 Å². The van der Waals surface area contributed by atoms with Gasteiger partial charge in [0.25, 0.3) is 10.0 Å². The van der Waals surface area contributed by atoms with E-state index in [1.165, 1.54) is 23.9 Å². The molecule has 0 aliphatic heterocycles. The zero-order valence-electron chi connectivity index (χ0n) is 11.4. The lowest BCUT2D eigenvalue weighted by molar-refractivity contribution is -0.122. The molecule has 0 spiro atoms. The van der Waals surface area contributed by atoms with Crippen molar-refractivity contribution in [2.75, 3.05) is 12.0 Å². The molecule has 1 amide bonds. The molecule has 0 aromatic heterocycles. The van der Waals surface area contributed by atoms with Crippen LogP contribution in [0, 0.1) is 5.92 Å². The van der Waals surface area contributed by atoms with Gasteiger partial charge in [-0.3, -0.25) is 4.79 Å². The van der Waals surface area contributed by atoms with E-state index in [9.17, 15) is 22.0 Å². The Balaban J connectivity index is 3.00. The Morgan fingerprint density at radius 2 is 2.00 bits per heavy atom. The molecule has 0 aliphatic carbocycles. The summed E-state index contributed by atoms with van der Waals surface area (Å²) in [4.78, 5) is 11.3. The van der Waals surface area contributed by atoms with Crippen molar-refractivity contribution in [1.29, 1.82) is 0 Å². The van der Waals surface area contributed by atoms with Crippen LogP contribution in [-0.2, 0) is 14.8 Å². The molecular formula is C12H15F2NO4S2. The summed E-state index contributed by atoms with van der Waals surface area (Å²) in [7, 11) is -4.27. The zero-order valence-corrected chi connectivity index (χ0v) is 13.0. The van der Waals surface area contributed by atoms with Gasteiger partial charge in [-0.25, -0.2) is 13.1 Å². The molecule has 118 valence electrons. The number of carbonyl (C=O) groups excluding carboxylic acids is 1. The molecule has 0 aliphatic rings. The second-order valence-electron chi connectivity index (χ2n) is 4.15. The van der Waals surface area contributed by atoms with Crippen molar-refractivity contribution in [3.8, 4) is 5.75 Å². The summed E-state index contributed by atoms with van der Waals surface area (Å²) in [5.74, 6) is -1.30. The van der Waals surface area contributed by atoms with Crippen molar-refractivity contribution in [3.05, 3.63) is 24.3 Å². The van der Waals surface area contributed by atoms with Crippen LogP contribution in [0.15, 0.2) is 29.2 Å². The van der Waals surface area contributed by atoms with E-state index in [2.05, 4.69) is 4.74 Å². The van der Waals surface area contributed by atoms with Gasteiger partial charge in [0.1, 0.15) is 10.6 Å². The normalized spacial score (nSPS) is 13.0. The smallest absolute Gasteiger partial charge is 0.387 e. The lowest BCUT2D eigenvalue weighted by atomic mass is 10.2. The first-order valence-corrected chi connectivity index (χ1v) is 8.75. The largest absolute Gasteiger partial charge is 0.433 e. The average Bonchev–Trinajstić information content (AvgIpc) is 2.38. The molecule has 0 radical (unpaired) electrons. The number of para-hydroxylation sites is 1. The van der Waals surface area contributed by atoms with E-state index in [0.29, 0.717) is 5.75 Å². The van der Waals surface area contributed by atoms with Gasteiger partial charge in [-0.15, -0.1) is 0 Å². The summed E-state index contributed by atoms with van der Waals surface area (Å²) < 4.78 is 54.7. The van der Waals surface area contributed by atoms with Crippen LogP contribution in [0.5, 0.6) is 5.75 Å². The van der Waals surface area contributed by atoms with Gasteiger partial charge >= 0.3 is 6.61 Å². The molecule has 21 heavy (non-hydrogen) atoms. The minimum atomic E-state index is -4.27. The van der Waals surface area contributed by atoms with E-state index in [1.807, 2.05) is 4.72 Å². The highest BCUT2D eigenvalue weighted by Gasteiger charge is 2.25. The van der Waals surface area contributed by atoms with Crippen molar-refractivity contribution in [3.63, 3.8) is 0 Å². The Hall–Kier alpha value is -1.35. The van der Waals surface area contributed by atoms with Crippen LogP contribution in [-0.4, -0.2) is 32.9 Å². The SMILES string of the molecule is CSC[C@@H](C)C(=O)NS(=O)(=O)c1ccccc1OC(F)F. The number of sulfonamides is 1. The van der Waals surface area contributed by atoms with Crippen LogP contribution in [0.4, 0.5) is 8.78 Å². The quantitative estimate of drug-likeness (QED) is 0.823. The molecule has 9 heteroatoms. The zero-order chi connectivity index (χ0) is 16.0. The van der Waals surface area contributed by atoms with Crippen molar-refractivity contribution in [2.24, 2.45) is 5.92 Å². The fourth-order valence-electron chi connectivity index (χ4n) is 1.48. The average molecular weight is 339 g/mol. The van der Waals surface area contributed by atoms with Crippen molar-refractivity contribution >= 4 is 27.7 Å². The van der Waals surface area contributed by atoms with E-state index >= 15 is 0 Å². The van der Waals surface area contributed by atoms with Crippen LogP contribution in [0.1, 0.15) is 6.92 Å². The van der Waals surface area contributed by atoms with Gasteiger partial charge in [-0.1, -0.05) is 19.1 Å². The van der Waals surface area contributed by atoms with Gasteiger partial charge < -0.3 is 4.74 Å². The lowest BCUT2D eigenvalue weighted by Crippen LogP contribution is -2.35. The van der Waals surface area contributed by atoms with Crippen molar-refractivity contribution < 1.29 is 26.7 Å². The number of carbonyl (C=O) groups is 1. The van der Waals surface area contributed by atoms with E-state index in [4.69, 9.17) is 0 Å². The minimum Gasteiger partial charge on any atom is -0.433 e. The number of thioether (sulfide) groups is 1. The fourth-order valence-corrected chi connectivity index (χ4v) is 3.35. The van der Waals surface area contributed by atoms with Gasteiger partial charge in [-0.2, -0.15) is 20.5 Å². The first-order valence-electron chi connectivity index (χ1n) is 5.87. The molecular weight excluding hydrogens is 324 g/mol. The summed E-state index contributed by atoms with van der Waals surface area (Å²) in [5.41, 5.74) is 0. The molecule has 1 aromatic carbocycles. The number of halogens is 2. The maximum Gasteiger partial charge on any atom is 0.387 e. The Labute approximate surface area is 126 Å². The number of hydrogen-bond acceptors (Lipinski definition) is 5. The highest BCUT2D eigenvalue weighted by atomic mass is 32.2. The molecule has 0 saturated heterocycles. The molecule has 0 unspecified atom stereocenters. The van der Waals surface area contributed by atoms with E-state index in [-0.39, 0.29) is 0 Å². The maximum atomic E-state index is 12.3. The van der Waals surface area contributed by atoms with Crippen LogP contribution in [0.25, 0.3) is 0 Å². The van der Waals surface area contributed by atoms with E-state index in [0.717, 1.165) is 12.1 Å². The monoisotopic (exact) mass is 339 g/mol. The summed E-state index contributed by atoms with van der Waals surface area (Å²) >= 11 is 1.39. The Morgan fingerprint density at radius 1 is 1.38 bits per heavy atom. The van der Waals surface area contributed by atoms with Gasteiger partial charge in [0.2, 0.25) is 5.91 Å². The van der Waals surface area contributed by atoms with Gasteiger partial charge in [-0.05, 0) is 18.4 Å². The molecule has 1 atom stereocenters. The van der Waals surface area contributed by atoms with Crippen LogP contribution < -0.4 is 9.46 Å². The predicted molar refractivity (Wildman–Crippen MR) is 75.9 cm³/mol. The first-order chi connectivity index (χ1) is 9.77. The highest BCUT2D eigenvalue weighted by Crippen LogP contribution is 2.25. The lowest BCUT2D eigenvalue weighted by Gasteiger charge is -2.14. The summed E-state index contributed by atoms with van der Waals surface area (Å²) in [5, 5.41) is 0. The highest BCUT2D eigenvalue weighted by molar-refractivity contribution is 7.98. The number of ether oxygens (including phenoxy) is 1. The molecule has 1 aromatic rings. The molecule has 0 fully saturated rings. The number of alkyl halides is 2. The second-order valence-corrected chi connectivity index (χ2v) is 6.71. The number of amides is 1. The van der Waals surface area contributed by atoms with Crippen molar-refractivity contribution in [1.82, 2.24) is 4.72 Å². The number of hydrogen-bond donors (Lipinski definition) is 1. The summed E-state index contributed by atoms with van der Waals surface area (Å²) in [6.45, 7) is -1.59. The molecule has 5 nitrogen and oxygen atoms in total. The predicted octanol–water partition coefficient (Wildman–Crippen LogP) is 2.09. The van der Waals surface area contributed by atoms with Crippen LogP contribution >= 0.6 is 11.8 Å². The summed E-state index contributed by atoms with van der Waals surface area (Å²) in [6.07, 6.45) is 1.78. The standard InChI is InChI=1S/C12H15F2NO4S2/c1-8(7-20-2)11(16)15-21(17,18)10-6-4-3-5-9(10)19-12(13)14/h3-6,8,12H,7H2,1-2H3,(H,15,16)/t8-/m1/s1. The van der Waals surface area contributed by atoms with Crippen LogP contribution in [0.2, 0.25) is 0 Å². The third-order valence-corrected chi connectivity index (χ3v) is 4.67. The Bertz CT molecular complexity index is 593. The second kappa shape index (κ2) is 7.60. The molecule has 1 N–H and O–H groups in total. The van der Waals surface area contributed by atoms with Crippen molar-refractivity contribution in [2.45, 2.75) is 18.4 Å². The number of nitrogens with one attached hydrogen (secondary N) is 1. The molecule has 1 rings (SSSR count). The third kappa shape index (κ3) is 5.16. The topological polar surface area (TPSA) is 72.5 Å². The number of benzene rings is 1. The first kappa shape index (κ1) is 17.7. The maximum absolute atomic E-state index is 12.3. The van der Waals surface area contributed by atoms with Gasteiger partial charge in [0.05, 0.1) is 0 Å². The van der Waals surface area contributed by atoms with Gasteiger partial charge in [0, 0.05) is 11.7 Å². The molecule has 0 saturated carbocycles. The Kier molecular flexibility index (Phi) is 6.41.